The van der Waals surface area contributed by atoms with Crippen LogP contribution in [0.15, 0.2) is 23.9 Å². The molecule has 1 fully saturated rings. The molecule has 1 aliphatic heterocycles. The molecule has 0 unspecified atom stereocenters. The average molecular weight is 260 g/mol. The van der Waals surface area contributed by atoms with E-state index < -0.39 is 0 Å². The van der Waals surface area contributed by atoms with Crippen LogP contribution in [-0.4, -0.2) is 30.5 Å². The highest BCUT2D eigenvalue weighted by atomic mass is 16.5. The summed E-state index contributed by atoms with van der Waals surface area (Å²) in [6.07, 6.45) is 1.69. The second-order valence-electron chi connectivity index (χ2n) is 4.26. The maximum atomic E-state index is 11.9. The molecule has 1 saturated heterocycles. The summed E-state index contributed by atoms with van der Waals surface area (Å²) < 4.78 is 5.13. The van der Waals surface area contributed by atoms with Crippen LogP contribution < -0.4 is 10.1 Å². The van der Waals surface area contributed by atoms with Gasteiger partial charge in [0.15, 0.2) is 0 Å². The highest BCUT2D eigenvalue weighted by Gasteiger charge is 2.31. The lowest BCUT2D eigenvalue weighted by molar-refractivity contribution is -0.122. The van der Waals surface area contributed by atoms with Crippen molar-refractivity contribution in [3.8, 4) is 5.75 Å². The van der Waals surface area contributed by atoms with E-state index in [4.69, 9.17) is 4.74 Å². The Bertz CT molecular complexity index is 564. The molecule has 3 amide bonds. The summed E-state index contributed by atoms with van der Waals surface area (Å²) in [7, 11) is 1.60. The number of hydrogen-bond donors (Lipinski definition) is 1. The molecular weight excluding hydrogens is 244 g/mol. The molecule has 2 rings (SSSR count). The second kappa shape index (κ2) is 5.14. The molecule has 1 aliphatic rings. The first kappa shape index (κ1) is 13.1. The van der Waals surface area contributed by atoms with Crippen LogP contribution in [0.5, 0.6) is 5.75 Å². The van der Waals surface area contributed by atoms with E-state index in [2.05, 4.69) is 5.32 Å². The number of carbonyl (C=O) groups is 2. The van der Waals surface area contributed by atoms with Crippen LogP contribution in [0.2, 0.25) is 0 Å². The van der Waals surface area contributed by atoms with Gasteiger partial charge in [-0.05, 0) is 43.2 Å². The lowest BCUT2D eigenvalue weighted by Crippen LogP contribution is -2.30. The van der Waals surface area contributed by atoms with E-state index in [-0.39, 0.29) is 11.9 Å². The van der Waals surface area contributed by atoms with Crippen molar-refractivity contribution in [2.45, 2.75) is 13.8 Å². The predicted octanol–water partition coefficient (Wildman–Crippen LogP) is 1.92. The van der Waals surface area contributed by atoms with Crippen molar-refractivity contribution < 1.29 is 14.3 Å². The Labute approximate surface area is 111 Å². The Morgan fingerprint density at radius 3 is 2.63 bits per heavy atom. The zero-order valence-electron chi connectivity index (χ0n) is 11.2. The van der Waals surface area contributed by atoms with Gasteiger partial charge >= 0.3 is 6.03 Å². The number of benzene rings is 1. The maximum Gasteiger partial charge on any atom is 0.328 e. The van der Waals surface area contributed by atoms with Crippen molar-refractivity contribution in [1.29, 1.82) is 0 Å². The standard InChI is InChI=1S/C14H16N2O3/c1-4-16-13(17)12(15-14(16)18)8-10-5-6-11(19-3)7-9(10)2/h5-8H,4H2,1-3H3,(H,15,18)/b12-8+. The number of amides is 3. The first-order chi connectivity index (χ1) is 9.06. The van der Waals surface area contributed by atoms with Gasteiger partial charge in [0.05, 0.1) is 7.11 Å². The summed E-state index contributed by atoms with van der Waals surface area (Å²) in [5, 5.41) is 2.58. The topological polar surface area (TPSA) is 58.6 Å². The van der Waals surface area contributed by atoms with Gasteiger partial charge < -0.3 is 10.1 Å². The van der Waals surface area contributed by atoms with Gasteiger partial charge in [-0.1, -0.05) is 6.07 Å². The zero-order chi connectivity index (χ0) is 14.0. The van der Waals surface area contributed by atoms with Crippen LogP contribution in [-0.2, 0) is 4.79 Å². The summed E-state index contributed by atoms with van der Waals surface area (Å²) >= 11 is 0. The highest BCUT2D eigenvalue weighted by Crippen LogP contribution is 2.20. The number of likely N-dealkylation sites (N-methyl/N-ethyl adjacent to an activating group) is 1. The number of imide groups is 1. The number of ether oxygens (including phenoxy) is 1. The Kier molecular flexibility index (Phi) is 3.55. The normalized spacial score (nSPS) is 17.0. The van der Waals surface area contributed by atoms with Crippen molar-refractivity contribution in [1.82, 2.24) is 10.2 Å². The number of aryl methyl sites for hydroxylation is 1. The van der Waals surface area contributed by atoms with E-state index in [0.29, 0.717) is 12.2 Å². The summed E-state index contributed by atoms with van der Waals surface area (Å²) in [6, 6.07) is 5.18. The van der Waals surface area contributed by atoms with E-state index in [1.54, 1.807) is 20.1 Å². The van der Waals surface area contributed by atoms with Crippen LogP contribution >= 0.6 is 0 Å². The predicted molar refractivity (Wildman–Crippen MR) is 71.6 cm³/mol. The molecule has 5 heteroatoms. The number of hydrogen-bond acceptors (Lipinski definition) is 3. The minimum atomic E-state index is -0.370. The van der Waals surface area contributed by atoms with E-state index in [9.17, 15) is 9.59 Å². The molecule has 100 valence electrons. The van der Waals surface area contributed by atoms with Crippen LogP contribution in [0.1, 0.15) is 18.1 Å². The van der Waals surface area contributed by atoms with Gasteiger partial charge in [-0.25, -0.2) is 4.79 Å². The third-order valence-corrected chi connectivity index (χ3v) is 3.06. The molecule has 5 nitrogen and oxygen atoms in total. The van der Waals surface area contributed by atoms with Gasteiger partial charge in [0.1, 0.15) is 11.4 Å². The van der Waals surface area contributed by atoms with Crippen LogP contribution in [0.4, 0.5) is 4.79 Å². The molecule has 0 radical (unpaired) electrons. The molecule has 0 bridgehead atoms. The average Bonchev–Trinajstić information content (AvgIpc) is 2.66. The van der Waals surface area contributed by atoms with Gasteiger partial charge in [0, 0.05) is 6.54 Å². The fourth-order valence-electron chi connectivity index (χ4n) is 1.95. The monoisotopic (exact) mass is 260 g/mol. The molecule has 0 saturated carbocycles. The quantitative estimate of drug-likeness (QED) is 0.667. The second-order valence-corrected chi connectivity index (χ2v) is 4.26. The van der Waals surface area contributed by atoms with Crippen molar-refractivity contribution in [2.75, 3.05) is 13.7 Å². The summed E-state index contributed by atoms with van der Waals surface area (Å²) in [6.45, 7) is 4.05. The molecule has 1 aromatic carbocycles. The van der Waals surface area contributed by atoms with Crippen LogP contribution in [0.3, 0.4) is 0 Å². The number of nitrogens with zero attached hydrogens (tertiary/aromatic N) is 1. The summed E-state index contributed by atoms with van der Waals surface area (Å²) in [5.41, 5.74) is 2.16. The highest BCUT2D eigenvalue weighted by molar-refractivity contribution is 6.13. The fraction of sp³-hybridized carbons (Fsp3) is 0.286. The summed E-state index contributed by atoms with van der Waals surface area (Å²) in [5.74, 6) is 0.472. The number of nitrogens with one attached hydrogen (secondary N) is 1. The number of carbonyl (C=O) groups excluding carboxylic acids is 2. The smallest absolute Gasteiger partial charge is 0.328 e. The number of rotatable bonds is 3. The number of urea groups is 1. The van der Waals surface area contributed by atoms with Gasteiger partial charge in [-0.3, -0.25) is 9.69 Å². The molecule has 0 atom stereocenters. The molecule has 0 aromatic heterocycles. The Hall–Kier alpha value is -2.30. The maximum absolute atomic E-state index is 11.9. The molecule has 1 heterocycles. The SMILES string of the molecule is CCN1C(=O)N/C(=C/c2ccc(OC)cc2C)C1=O. The molecule has 19 heavy (non-hydrogen) atoms. The Morgan fingerprint density at radius 1 is 1.37 bits per heavy atom. The van der Waals surface area contributed by atoms with E-state index in [0.717, 1.165) is 16.9 Å². The first-order valence-electron chi connectivity index (χ1n) is 6.06. The van der Waals surface area contributed by atoms with Crippen LogP contribution in [0, 0.1) is 6.92 Å². The van der Waals surface area contributed by atoms with Crippen molar-refractivity contribution in [3.05, 3.63) is 35.0 Å². The molecular formula is C14H16N2O3. The van der Waals surface area contributed by atoms with E-state index in [1.165, 1.54) is 4.90 Å². The van der Waals surface area contributed by atoms with Crippen molar-refractivity contribution in [3.63, 3.8) is 0 Å². The lowest BCUT2D eigenvalue weighted by atomic mass is 10.1. The molecule has 1 N–H and O–H groups in total. The van der Waals surface area contributed by atoms with Gasteiger partial charge in [-0.2, -0.15) is 0 Å². The third kappa shape index (κ3) is 2.45. The summed E-state index contributed by atoms with van der Waals surface area (Å²) in [4.78, 5) is 24.6. The fourth-order valence-corrected chi connectivity index (χ4v) is 1.95. The van der Waals surface area contributed by atoms with Gasteiger partial charge in [-0.15, -0.1) is 0 Å². The van der Waals surface area contributed by atoms with E-state index in [1.807, 2.05) is 25.1 Å². The largest absolute Gasteiger partial charge is 0.497 e. The minimum absolute atomic E-state index is 0.289. The van der Waals surface area contributed by atoms with E-state index >= 15 is 0 Å². The first-order valence-corrected chi connectivity index (χ1v) is 6.06. The molecule has 1 aromatic rings. The van der Waals surface area contributed by atoms with Crippen LogP contribution in [0.25, 0.3) is 6.08 Å². The minimum Gasteiger partial charge on any atom is -0.497 e. The molecule has 0 spiro atoms. The Balaban J connectivity index is 2.32. The van der Waals surface area contributed by atoms with Gasteiger partial charge in [0.2, 0.25) is 0 Å². The zero-order valence-corrected chi connectivity index (χ0v) is 11.2. The third-order valence-electron chi connectivity index (χ3n) is 3.06. The van der Waals surface area contributed by atoms with Gasteiger partial charge in [0.25, 0.3) is 5.91 Å². The van der Waals surface area contributed by atoms with Crippen molar-refractivity contribution >= 4 is 18.0 Å². The lowest BCUT2D eigenvalue weighted by Gasteiger charge is -2.06. The molecule has 0 aliphatic carbocycles. The Morgan fingerprint density at radius 2 is 2.11 bits per heavy atom. The number of methoxy groups -OCH3 is 1. The van der Waals surface area contributed by atoms with Crippen molar-refractivity contribution in [2.24, 2.45) is 0 Å².